The highest BCUT2D eigenvalue weighted by molar-refractivity contribution is 5.77. The summed E-state index contributed by atoms with van der Waals surface area (Å²) < 4.78 is 0. The second-order valence-electron chi connectivity index (χ2n) is 2.65. The second kappa shape index (κ2) is 6.07. The minimum atomic E-state index is -1.15. The number of hydrogen-bond acceptors (Lipinski definition) is 5. The normalized spacial score (nSPS) is 15.7. The van der Waals surface area contributed by atoms with Gasteiger partial charge in [0.1, 0.15) is 11.9 Å². The van der Waals surface area contributed by atoms with Crippen molar-refractivity contribution in [3.05, 3.63) is 0 Å². The van der Waals surface area contributed by atoms with Crippen molar-refractivity contribution in [1.29, 1.82) is 0 Å². The lowest BCUT2D eigenvalue weighted by Gasteiger charge is -2.15. The molecule has 0 aromatic rings. The first kappa shape index (κ1) is 11.5. The van der Waals surface area contributed by atoms with Crippen molar-refractivity contribution in [3.8, 4) is 0 Å². The highest BCUT2D eigenvalue weighted by Gasteiger charge is 2.13. The van der Waals surface area contributed by atoms with Gasteiger partial charge in [-0.05, 0) is 6.92 Å². The second-order valence-corrected chi connectivity index (χ2v) is 2.65. The predicted octanol–water partition coefficient (Wildman–Crippen LogP) is -2.12. The van der Waals surface area contributed by atoms with Crippen LogP contribution in [0.2, 0.25) is 0 Å². The van der Waals surface area contributed by atoms with Crippen LogP contribution < -0.4 is 5.32 Å². The maximum atomic E-state index is 10.4. The van der Waals surface area contributed by atoms with Gasteiger partial charge >= 0.3 is 0 Å². The van der Waals surface area contributed by atoms with Gasteiger partial charge in [0, 0.05) is 6.54 Å². The van der Waals surface area contributed by atoms with Crippen LogP contribution in [0.1, 0.15) is 6.92 Å². The summed E-state index contributed by atoms with van der Waals surface area (Å²) in [5.74, 6) is -0.0410. The van der Waals surface area contributed by atoms with Gasteiger partial charge in [0.25, 0.3) is 0 Å². The molecule has 5 nitrogen and oxygen atoms in total. The van der Waals surface area contributed by atoms with E-state index in [9.17, 15) is 4.79 Å². The minimum absolute atomic E-state index is 0.0410. The molecular weight excluding hydrogens is 162 g/mol. The quantitative estimate of drug-likeness (QED) is 0.372. The molecule has 0 heterocycles. The summed E-state index contributed by atoms with van der Waals surface area (Å²) in [6.45, 7) is 1.20. The summed E-state index contributed by atoms with van der Waals surface area (Å²) in [7, 11) is 0. The number of carbonyl (C=O) groups is 1. The van der Waals surface area contributed by atoms with E-state index in [1.54, 1.807) is 0 Å². The molecule has 4 N–H and O–H groups in total. The molecule has 0 saturated carbocycles. The number of hydrogen-bond donors (Lipinski definition) is 4. The SMILES string of the molecule is CC(=O)CNCC(O)C(O)CO. The van der Waals surface area contributed by atoms with Crippen molar-refractivity contribution in [3.63, 3.8) is 0 Å². The van der Waals surface area contributed by atoms with Crippen molar-refractivity contribution in [2.24, 2.45) is 0 Å². The Balaban J connectivity index is 3.43. The molecule has 0 rings (SSSR count). The Morgan fingerprint density at radius 2 is 2.00 bits per heavy atom. The Bertz CT molecular complexity index is 139. The van der Waals surface area contributed by atoms with E-state index >= 15 is 0 Å². The molecule has 0 fully saturated rings. The Labute approximate surface area is 71.0 Å². The zero-order valence-electron chi connectivity index (χ0n) is 7.03. The number of carbonyl (C=O) groups excluding carboxylic acids is 1. The van der Waals surface area contributed by atoms with Gasteiger partial charge in [-0.1, -0.05) is 0 Å². The third-order valence-electron chi connectivity index (χ3n) is 1.36. The standard InChI is InChI=1S/C7H15NO4/c1-5(10)2-8-3-6(11)7(12)4-9/h6-9,11-12H,2-4H2,1H3. The molecule has 0 bridgehead atoms. The molecule has 0 aliphatic rings. The molecule has 0 aromatic carbocycles. The lowest BCUT2D eigenvalue weighted by molar-refractivity contribution is -0.116. The van der Waals surface area contributed by atoms with Crippen LogP contribution in [0.4, 0.5) is 0 Å². The first-order valence-electron chi connectivity index (χ1n) is 3.75. The van der Waals surface area contributed by atoms with Crippen LogP contribution in [0, 0.1) is 0 Å². The minimum Gasteiger partial charge on any atom is -0.394 e. The van der Waals surface area contributed by atoms with Crippen LogP contribution in [-0.4, -0.2) is 53.0 Å². The molecular formula is C7H15NO4. The fourth-order valence-electron chi connectivity index (χ4n) is 0.654. The van der Waals surface area contributed by atoms with Crippen molar-refractivity contribution in [1.82, 2.24) is 5.32 Å². The van der Waals surface area contributed by atoms with Crippen LogP contribution in [0.25, 0.3) is 0 Å². The summed E-state index contributed by atoms with van der Waals surface area (Å²) >= 11 is 0. The molecule has 0 saturated heterocycles. The number of rotatable bonds is 6. The smallest absolute Gasteiger partial charge is 0.143 e. The Hall–Kier alpha value is -0.490. The molecule has 72 valence electrons. The molecule has 0 aromatic heterocycles. The van der Waals surface area contributed by atoms with Gasteiger partial charge in [-0.15, -0.1) is 0 Å². The Morgan fingerprint density at radius 1 is 1.42 bits per heavy atom. The molecule has 0 aliphatic heterocycles. The largest absolute Gasteiger partial charge is 0.394 e. The number of ketones is 1. The summed E-state index contributed by atoms with van der Waals surface area (Å²) in [5, 5.41) is 29.0. The number of Topliss-reactive ketones (excluding diaryl/α,β-unsaturated/α-hetero) is 1. The lowest BCUT2D eigenvalue weighted by Crippen LogP contribution is -2.39. The summed E-state index contributed by atoms with van der Waals surface area (Å²) in [6.07, 6.45) is -2.18. The Kier molecular flexibility index (Phi) is 5.83. The summed E-state index contributed by atoms with van der Waals surface area (Å²) in [5.41, 5.74) is 0. The molecule has 5 heteroatoms. The third-order valence-corrected chi connectivity index (χ3v) is 1.36. The Morgan fingerprint density at radius 3 is 2.42 bits per heavy atom. The van der Waals surface area contributed by atoms with Gasteiger partial charge in [0.05, 0.1) is 19.3 Å². The van der Waals surface area contributed by atoms with Gasteiger partial charge in [-0.3, -0.25) is 4.79 Å². The molecule has 0 radical (unpaired) electrons. The zero-order valence-corrected chi connectivity index (χ0v) is 7.03. The highest BCUT2D eigenvalue weighted by atomic mass is 16.4. The lowest BCUT2D eigenvalue weighted by atomic mass is 10.2. The van der Waals surface area contributed by atoms with Gasteiger partial charge in [0.15, 0.2) is 0 Å². The van der Waals surface area contributed by atoms with Crippen LogP contribution in [0.5, 0.6) is 0 Å². The van der Waals surface area contributed by atoms with Crippen LogP contribution >= 0.6 is 0 Å². The van der Waals surface area contributed by atoms with Crippen LogP contribution in [0.3, 0.4) is 0 Å². The van der Waals surface area contributed by atoms with Crippen molar-refractivity contribution in [2.75, 3.05) is 19.7 Å². The van der Waals surface area contributed by atoms with Crippen LogP contribution in [0.15, 0.2) is 0 Å². The van der Waals surface area contributed by atoms with Crippen molar-refractivity contribution in [2.45, 2.75) is 19.1 Å². The maximum absolute atomic E-state index is 10.4. The topological polar surface area (TPSA) is 89.8 Å². The number of nitrogens with one attached hydrogen (secondary N) is 1. The average Bonchev–Trinajstić information content (AvgIpc) is 2.02. The molecule has 2 atom stereocenters. The first-order valence-corrected chi connectivity index (χ1v) is 3.75. The summed E-state index contributed by atoms with van der Waals surface area (Å²) in [4.78, 5) is 10.4. The van der Waals surface area contributed by atoms with E-state index in [0.29, 0.717) is 0 Å². The van der Waals surface area contributed by atoms with Crippen LogP contribution in [-0.2, 0) is 4.79 Å². The third kappa shape index (κ3) is 5.20. The van der Waals surface area contributed by atoms with Crippen molar-refractivity contribution >= 4 is 5.78 Å². The molecule has 12 heavy (non-hydrogen) atoms. The monoisotopic (exact) mass is 177 g/mol. The molecule has 0 amide bonds. The van der Waals surface area contributed by atoms with Gasteiger partial charge in [-0.25, -0.2) is 0 Å². The number of aliphatic hydroxyl groups excluding tert-OH is 3. The molecule has 2 unspecified atom stereocenters. The van der Waals surface area contributed by atoms with Gasteiger partial charge in [0.2, 0.25) is 0 Å². The van der Waals surface area contributed by atoms with E-state index in [4.69, 9.17) is 15.3 Å². The summed E-state index contributed by atoms with van der Waals surface area (Å²) in [6, 6.07) is 0. The molecule has 0 aliphatic carbocycles. The van der Waals surface area contributed by atoms with E-state index in [1.165, 1.54) is 6.92 Å². The van der Waals surface area contributed by atoms with E-state index in [-0.39, 0.29) is 18.9 Å². The van der Waals surface area contributed by atoms with E-state index in [0.717, 1.165) is 0 Å². The number of aliphatic hydroxyl groups is 3. The zero-order chi connectivity index (χ0) is 9.56. The highest BCUT2D eigenvalue weighted by Crippen LogP contribution is 1.89. The van der Waals surface area contributed by atoms with E-state index < -0.39 is 18.8 Å². The fourth-order valence-corrected chi connectivity index (χ4v) is 0.654. The van der Waals surface area contributed by atoms with E-state index in [1.807, 2.05) is 0 Å². The van der Waals surface area contributed by atoms with Gasteiger partial charge < -0.3 is 20.6 Å². The predicted molar refractivity (Wildman–Crippen MR) is 42.7 cm³/mol. The van der Waals surface area contributed by atoms with Crippen molar-refractivity contribution < 1.29 is 20.1 Å². The fraction of sp³-hybridized carbons (Fsp3) is 0.857. The first-order chi connectivity index (χ1) is 5.57. The molecule has 0 spiro atoms. The van der Waals surface area contributed by atoms with Gasteiger partial charge in [-0.2, -0.15) is 0 Å². The maximum Gasteiger partial charge on any atom is 0.143 e. The average molecular weight is 177 g/mol. The van der Waals surface area contributed by atoms with E-state index in [2.05, 4.69) is 5.32 Å².